The molecule has 0 saturated heterocycles. The number of furan rings is 1. The van der Waals surface area contributed by atoms with Crippen LogP contribution in [0.15, 0.2) is 77.3 Å². The van der Waals surface area contributed by atoms with Gasteiger partial charge in [-0.1, -0.05) is 36.4 Å². The van der Waals surface area contributed by atoms with E-state index in [2.05, 4.69) is 33.8 Å². The van der Waals surface area contributed by atoms with Crippen LogP contribution in [0.2, 0.25) is 0 Å². The number of rotatable bonds is 1. The molecule has 3 aromatic heterocycles. The monoisotopic (exact) mass is 284 g/mol. The lowest BCUT2D eigenvalue weighted by molar-refractivity contribution is 0.645. The third-order valence-electron chi connectivity index (χ3n) is 4.06. The van der Waals surface area contributed by atoms with Crippen molar-refractivity contribution in [2.75, 3.05) is 0 Å². The number of pyridine rings is 1. The first-order valence-electron chi connectivity index (χ1n) is 7.25. The molecule has 0 radical (unpaired) electrons. The maximum absolute atomic E-state index is 6.15. The molecule has 5 aromatic rings. The molecule has 0 amide bonds. The molecule has 0 spiro atoms. The summed E-state index contributed by atoms with van der Waals surface area (Å²) in [5, 5.41) is 2.19. The highest BCUT2D eigenvalue weighted by molar-refractivity contribution is 6.18. The van der Waals surface area contributed by atoms with Crippen LogP contribution in [0.3, 0.4) is 0 Å². The van der Waals surface area contributed by atoms with Gasteiger partial charge in [0.2, 0.25) is 5.71 Å². The van der Waals surface area contributed by atoms with Gasteiger partial charge in [-0.3, -0.25) is 9.55 Å². The largest absolute Gasteiger partial charge is 0.439 e. The van der Waals surface area contributed by atoms with Crippen LogP contribution in [-0.4, -0.2) is 9.55 Å². The molecular formula is C19H12N2O. The van der Waals surface area contributed by atoms with Crippen LogP contribution in [0.25, 0.3) is 38.8 Å². The van der Waals surface area contributed by atoms with Crippen molar-refractivity contribution in [2.45, 2.75) is 0 Å². The molecule has 0 bridgehead atoms. The van der Waals surface area contributed by atoms with Crippen LogP contribution in [0, 0.1) is 0 Å². The molecule has 0 fully saturated rings. The van der Waals surface area contributed by atoms with Crippen molar-refractivity contribution in [3.63, 3.8) is 0 Å². The lowest BCUT2D eigenvalue weighted by Gasteiger charge is -2.04. The summed E-state index contributed by atoms with van der Waals surface area (Å²) in [6, 6.07) is 22.4. The minimum absolute atomic E-state index is 0.848. The molecule has 3 heterocycles. The van der Waals surface area contributed by atoms with Gasteiger partial charge in [-0.05, 0) is 30.3 Å². The second kappa shape index (κ2) is 4.21. The molecular weight excluding hydrogens is 272 g/mol. The topological polar surface area (TPSA) is 31.0 Å². The molecule has 0 aliphatic carbocycles. The van der Waals surface area contributed by atoms with Crippen molar-refractivity contribution in [1.29, 1.82) is 0 Å². The van der Waals surface area contributed by atoms with E-state index in [9.17, 15) is 0 Å². The lowest BCUT2D eigenvalue weighted by Crippen LogP contribution is -1.92. The number of hydrogen-bond acceptors (Lipinski definition) is 2. The Labute approximate surface area is 126 Å². The predicted octanol–water partition coefficient (Wildman–Crippen LogP) is 4.92. The molecule has 0 atom stereocenters. The minimum Gasteiger partial charge on any atom is -0.439 e. The first-order chi connectivity index (χ1) is 10.9. The number of para-hydroxylation sites is 2. The molecule has 0 aliphatic heterocycles. The summed E-state index contributed by atoms with van der Waals surface area (Å²) in [7, 11) is 0. The van der Waals surface area contributed by atoms with E-state index in [0.29, 0.717) is 0 Å². The maximum atomic E-state index is 6.15. The van der Waals surface area contributed by atoms with Gasteiger partial charge >= 0.3 is 0 Å². The van der Waals surface area contributed by atoms with Crippen LogP contribution in [0.1, 0.15) is 0 Å². The van der Waals surface area contributed by atoms with Gasteiger partial charge in [0.05, 0.1) is 10.9 Å². The number of nitrogens with zero attached hydrogens (tertiary/aromatic N) is 2. The van der Waals surface area contributed by atoms with E-state index < -0.39 is 0 Å². The second-order valence-electron chi connectivity index (χ2n) is 5.32. The Balaban J connectivity index is 2.07. The summed E-state index contributed by atoms with van der Waals surface area (Å²) < 4.78 is 8.28. The number of fused-ring (bicyclic) bond motifs is 5. The number of benzene rings is 2. The Hall–Kier alpha value is -3.07. The normalized spacial score (nSPS) is 11.6. The third kappa shape index (κ3) is 1.42. The van der Waals surface area contributed by atoms with Crippen LogP contribution in [0.5, 0.6) is 0 Å². The molecule has 0 unspecified atom stereocenters. The molecule has 2 aromatic carbocycles. The van der Waals surface area contributed by atoms with E-state index in [-0.39, 0.29) is 0 Å². The Kier molecular flexibility index (Phi) is 2.22. The fourth-order valence-corrected chi connectivity index (χ4v) is 3.13. The number of aromatic nitrogens is 2. The molecule has 0 aliphatic rings. The van der Waals surface area contributed by atoms with Crippen LogP contribution in [-0.2, 0) is 0 Å². The van der Waals surface area contributed by atoms with E-state index >= 15 is 0 Å². The SMILES string of the molecule is c1ccc(-n2c3cccnc3c3c4ccccc4oc32)cc1. The summed E-state index contributed by atoms with van der Waals surface area (Å²) in [5.74, 6) is 0. The van der Waals surface area contributed by atoms with Gasteiger partial charge in [0.25, 0.3) is 0 Å². The molecule has 0 saturated carbocycles. The highest BCUT2D eigenvalue weighted by Crippen LogP contribution is 2.37. The third-order valence-corrected chi connectivity index (χ3v) is 4.06. The average Bonchev–Trinajstić information content (AvgIpc) is 3.10. The zero-order valence-corrected chi connectivity index (χ0v) is 11.7. The van der Waals surface area contributed by atoms with Gasteiger partial charge in [0.15, 0.2) is 0 Å². The van der Waals surface area contributed by atoms with E-state index in [0.717, 1.165) is 38.8 Å². The van der Waals surface area contributed by atoms with Crippen LogP contribution < -0.4 is 0 Å². The predicted molar refractivity (Wildman–Crippen MR) is 88.3 cm³/mol. The maximum Gasteiger partial charge on any atom is 0.215 e. The van der Waals surface area contributed by atoms with E-state index in [4.69, 9.17) is 4.42 Å². The summed E-state index contributed by atoms with van der Waals surface area (Å²) in [6.45, 7) is 0. The fraction of sp³-hybridized carbons (Fsp3) is 0. The summed E-state index contributed by atoms with van der Waals surface area (Å²) in [6.07, 6.45) is 1.83. The van der Waals surface area contributed by atoms with Crippen molar-refractivity contribution < 1.29 is 4.42 Å². The minimum atomic E-state index is 0.848. The van der Waals surface area contributed by atoms with Crippen molar-refractivity contribution in [2.24, 2.45) is 0 Å². The molecule has 3 nitrogen and oxygen atoms in total. The van der Waals surface area contributed by atoms with Crippen molar-refractivity contribution in [3.05, 3.63) is 72.9 Å². The van der Waals surface area contributed by atoms with Gasteiger partial charge in [0, 0.05) is 17.3 Å². The van der Waals surface area contributed by atoms with E-state index in [1.54, 1.807) is 0 Å². The van der Waals surface area contributed by atoms with Gasteiger partial charge in [0.1, 0.15) is 11.1 Å². The van der Waals surface area contributed by atoms with Crippen molar-refractivity contribution in [1.82, 2.24) is 9.55 Å². The number of hydrogen-bond donors (Lipinski definition) is 0. The summed E-state index contributed by atoms with van der Waals surface area (Å²) in [4.78, 5) is 4.60. The van der Waals surface area contributed by atoms with Crippen LogP contribution >= 0.6 is 0 Å². The zero-order chi connectivity index (χ0) is 14.5. The average molecular weight is 284 g/mol. The zero-order valence-electron chi connectivity index (χ0n) is 11.7. The Bertz CT molecular complexity index is 1120. The van der Waals surface area contributed by atoms with E-state index in [1.165, 1.54) is 0 Å². The summed E-state index contributed by atoms with van der Waals surface area (Å²) >= 11 is 0. The summed E-state index contributed by atoms with van der Waals surface area (Å²) in [5.41, 5.74) is 4.86. The van der Waals surface area contributed by atoms with Crippen molar-refractivity contribution >= 4 is 33.1 Å². The molecule has 104 valence electrons. The molecule has 5 rings (SSSR count). The Morgan fingerprint density at radius 3 is 2.55 bits per heavy atom. The lowest BCUT2D eigenvalue weighted by atomic mass is 10.2. The standard InChI is InChI=1S/C19H12N2O/c1-2-7-13(8-3-1)21-15-10-6-12-20-18(15)17-14-9-4-5-11-16(14)22-19(17)21/h1-12H. The molecule has 0 N–H and O–H groups in total. The second-order valence-corrected chi connectivity index (χ2v) is 5.32. The Morgan fingerprint density at radius 1 is 0.818 bits per heavy atom. The molecule has 22 heavy (non-hydrogen) atoms. The van der Waals surface area contributed by atoms with Gasteiger partial charge in [-0.2, -0.15) is 0 Å². The fourth-order valence-electron chi connectivity index (χ4n) is 3.13. The van der Waals surface area contributed by atoms with E-state index in [1.807, 2.05) is 48.7 Å². The highest BCUT2D eigenvalue weighted by Gasteiger charge is 2.19. The van der Waals surface area contributed by atoms with Crippen LogP contribution in [0.4, 0.5) is 0 Å². The quantitative estimate of drug-likeness (QED) is 0.437. The van der Waals surface area contributed by atoms with Gasteiger partial charge in [-0.15, -0.1) is 0 Å². The smallest absolute Gasteiger partial charge is 0.215 e. The highest BCUT2D eigenvalue weighted by atomic mass is 16.3. The van der Waals surface area contributed by atoms with Gasteiger partial charge in [-0.25, -0.2) is 0 Å². The first-order valence-corrected chi connectivity index (χ1v) is 7.25. The molecule has 3 heteroatoms. The van der Waals surface area contributed by atoms with Gasteiger partial charge < -0.3 is 4.42 Å². The first kappa shape index (κ1) is 11.6. The Morgan fingerprint density at radius 2 is 1.64 bits per heavy atom. The van der Waals surface area contributed by atoms with Crippen molar-refractivity contribution in [3.8, 4) is 5.69 Å².